The van der Waals surface area contributed by atoms with E-state index < -0.39 is 32.0 Å². The quantitative estimate of drug-likeness (QED) is 0.157. The van der Waals surface area contributed by atoms with Crippen LogP contribution in [0.5, 0.6) is 0 Å². The topological polar surface area (TPSA) is 78.0 Å². The van der Waals surface area contributed by atoms with Crippen molar-refractivity contribution in [3.63, 3.8) is 0 Å². The Hall–Kier alpha value is -2.75. The van der Waals surface area contributed by atoms with Crippen molar-refractivity contribution in [3.8, 4) is 0 Å². The summed E-state index contributed by atoms with van der Waals surface area (Å²) in [6.07, 6.45) is 3.18. The van der Waals surface area contributed by atoms with Crippen LogP contribution in [0, 0.1) is 5.92 Å². The zero-order valence-corrected chi connectivity index (χ0v) is 30.2. The SMILES string of the molecule is COC(=O)c1ccc(C[C@@]2(C)O[C@H](c3cccc(Cl)c3)C(c3ccc(Cl)cc3)N([C@H](CO[Si](C)(C)C(C)(C)C)C3CC3)C2=O)nc1. The number of morpholine rings is 1. The highest BCUT2D eigenvalue weighted by Gasteiger charge is 2.55. The lowest BCUT2D eigenvalue weighted by molar-refractivity contribution is -0.205. The number of aromatic nitrogens is 1. The lowest BCUT2D eigenvalue weighted by Gasteiger charge is -2.52. The number of carbonyl (C=O) groups is 2. The van der Waals surface area contributed by atoms with Crippen LogP contribution in [0.2, 0.25) is 28.2 Å². The molecule has 7 nitrogen and oxygen atoms in total. The van der Waals surface area contributed by atoms with Gasteiger partial charge in [0.15, 0.2) is 13.9 Å². The first-order chi connectivity index (χ1) is 21.6. The van der Waals surface area contributed by atoms with Gasteiger partial charge in [0.1, 0.15) is 6.10 Å². The second kappa shape index (κ2) is 13.4. The lowest BCUT2D eigenvalue weighted by atomic mass is 9.85. The number of halogens is 2. The van der Waals surface area contributed by atoms with Gasteiger partial charge in [0.2, 0.25) is 0 Å². The smallest absolute Gasteiger partial charge is 0.339 e. The largest absolute Gasteiger partial charge is 0.465 e. The molecule has 46 heavy (non-hydrogen) atoms. The average Bonchev–Trinajstić information content (AvgIpc) is 3.85. The standard InChI is InChI=1S/C36H44Cl2N2O5Si/c1-35(2,3)46(6,7)44-22-30(23-11-12-23)40-31(24-13-16-27(37)17-14-24)32(25-9-8-10-28(38)19-25)45-36(4,34(40)42)20-29-18-15-26(21-39-29)33(41)43-5/h8-10,13-19,21,23,30-32H,11-12,20,22H2,1-7H3/t30-,31?,32-,36-/m1/s1. The van der Waals surface area contributed by atoms with Crippen molar-refractivity contribution in [1.82, 2.24) is 9.88 Å². The number of esters is 1. The number of hydrogen-bond acceptors (Lipinski definition) is 6. The van der Waals surface area contributed by atoms with Crippen LogP contribution >= 0.6 is 23.2 Å². The van der Waals surface area contributed by atoms with E-state index in [0.717, 1.165) is 24.0 Å². The predicted molar refractivity (Wildman–Crippen MR) is 184 cm³/mol. The Balaban J connectivity index is 1.62. The molecule has 4 atom stereocenters. The zero-order chi connectivity index (χ0) is 33.4. The molecule has 1 saturated heterocycles. The van der Waals surface area contributed by atoms with Crippen LogP contribution in [-0.4, -0.2) is 55.4 Å². The summed E-state index contributed by atoms with van der Waals surface area (Å²) in [4.78, 5) is 33.7. The van der Waals surface area contributed by atoms with Crippen LogP contribution in [0.1, 0.15) is 79.9 Å². The predicted octanol–water partition coefficient (Wildman–Crippen LogP) is 8.62. The van der Waals surface area contributed by atoms with Crippen molar-refractivity contribution >= 4 is 43.4 Å². The van der Waals surface area contributed by atoms with E-state index in [1.165, 1.54) is 13.3 Å². The summed E-state index contributed by atoms with van der Waals surface area (Å²) in [7, 11) is -0.803. The Bertz CT molecular complexity index is 1560. The molecule has 5 rings (SSSR count). The minimum Gasteiger partial charge on any atom is -0.465 e. The van der Waals surface area contributed by atoms with E-state index in [1.807, 2.05) is 60.4 Å². The van der Waals surface area contributed by atoms with Gasteiger partial charge in [-0.3, -0.25) is 9.78 Å². The Morgan fingerprint density at radius 2 is 1.76 bits per heavy atom. The molecule has 1 aromatic heterocycles. The van der Waals surface area contributed by atoms with Crippen molar-refractivity contribution in [1.29, 1.82) is 0 Å². The molecule has 0 bridgehead atoms. The van der Waals surface area contributed by atoms with Gasteiger partial charge in [0, 0.05) is 28.4 Å². The molecule has 3 aromatic rings. The number of rotatable bonds is 10. The minimum absolute atomic E-state index is 0.0194. The van der Waals surface area contributed by atoms with Crippen molar-refractivity contribution in [3.05, 3.63) is 99.3 Å². The maximum Gasteiger partial charge on any atom is 0.339 e. The molecule has 1 amide bonds. The molecule has 246 valence electrons. The number of nitrogens with zero attached hydrogens (tertiary/aromatic N) is 2. The van der Waals surface area contributed by atoms with Gasteiger partial charge in [-0.1, -0.05) is 68.2 Å². The first-order valence-corrected chi connectivity index (χ1v) is 19.5. The Morgan fingerprint density at radius 3 is 2.33 bits per heavy atom. The summed E-state index contributed by atoms with van der Waals surface area (Å²) in [6, 6.07) is 18.1. The van der Waals surface area contributed by atoms with E-state index in [-0.39, 0.29) is 23.4 Å². The van der Waals surface area contributed by atoms with Crippen LogP contribution in [0.15, 0.2) is 66.9 Å². The second-order valence-corrected chi connectivity index (χ2v) is 19.9. The van der Waals surface area contributed by atoms with Crippen molar-refractivity contribution in [2.75, 3.05) is 13.7 Å². The molecule has 10 heteroatoms. The van der Waals surface area contributed by atoms with E-state index in [0.29, 0.717) is 33.8 Å². The van der Waals surface area contributed by atoms with Crippen molar-refractivity contribution in [2.45, 2.75) is 88.9 Å². The molecular weight excluding hydrogens is 639 g/mol. The zero-order valence-electron chi connectivity index (χ0n) is 27.7. The number of ether oxygens (including phenoxy) is 2. The lowest BCUT2D eigenvalue weighted by Crippen LogP contribution is -2.62. The summed E-state index contributed by atoms with van der Waals surface area (Å²) in [5.74, 6) is -0.286. The third-order valence-corrected chi connectivity index (χ3v) is 14.7. The minimum atomic E-state index is -2.13. The maximum absolute atomic E-state index is 15.1. The number of carbonyl (C=O) groups excluding carboxylic acids is 2. The fraction of sp³-hybridized carbons (Fsp3) is 0.472. The van der Waals surface area contributed by atoms with E-state index >= 15 is 4.79 Å². The van der Waals surface area contributed by atoms with Gasteiger partial charge in [0.05, 0.1) is 31.4 Å². The van der Waals surface area contributed by atoms with E-state index in [9.17, 15) is 4.79 Å². The molecule has 1 unspecified atom stereocenters. The third kappa shape index (κ3) is 7.36. The molecule has 1 aliphatic carbocycles. The third-order valence-electron chi connectivity index (χ3n) is 9.76. The molecule has 2 aliphatic rings. The molecule has 1 aliphatic heterocycles. The van der Waals surface area contributed by atoms with Crippen molar-refractivity contribution < 1.29 is 23.5 Å². The van der Waals surface area contributed by atoms with Crippen molar-refractivity contribution in [2.24, 2.45) is 5.92 Å². The van der Waals surface area contributed by atoms with Crippen LogP contribution < -0.4 is 0 Å². The second-order valence-electron chi connectivity index (χ2n) is 14.2. The molecule has 2 heterocycles. The summed E-state index contributed by atoms with van der Waals surface area (Å²) >= 11 is 12.9. The average molecular weight is 684 g/mol. The summed E-state index contributed by atoms with van der Waals surface area (Å²) in [6.45, 7) is 13.5. The maximum atomic E-state index is 15.1. The van der Waals surface area contributed by atoms with Gasteiger partial charge in [-0.25, -0.2) is 4.79 Å². The van der Waals surface area contributed by atoms with E-state index in [2.05, 4.69) is 38.8 Å². The van der Waals surface area contributed by atoms with Gasteiger partial charge in [-0.05, 0) is 91.3 Å². The molecule has 1 saturated carbocycles. The van der Waals surface area contributed by atoms with Crippen LogP contribution in [0.3, 0.4) is 0 Å². The number of methoxy groups -OCH3 is 1. The summed E-state index contributed by atoms with van der Waals surface area (Å²) in [5.41, 5.74) is 1.47. The monoisotopic (exact) mass is 682 g/mol. The number of hydrogen-bond donors (Lipinski definition) is 0. The fourth-order valence-electron chi connectivity index (χ4n) is 5.89. The van der Waals surface area contributed by atoms with Gasteiger partial charge < -0.3 is 18.8 Å². The van der Waals surface area contributed by atoms with Crippen LogP contribution in [0.25, 0.3) is 0 Å². The molecule has 0 N–H and O–H groups in total. The summed E-state index contributed by atoms with van der Waals surface area (Å²) < 4.78 is 18.7. The fourth-order valence-corrected chi connectivity index (χ4v) is 7.24. The number of benzene rings is 2. The Kier molecular flexibility index (Phi) is 10.1. The van der Waals surface area contributed by atoms with E-state index in [1.54, 1.807) is 12.1 Å². The summed E-state index contributed by atoms with van der Waals surface area (Å²) in [5, 5.41) is 1.22. The first kappa shape index (κ1) is 34.6. The molecular formula is C36H44Cl2N2O5Si. The first-order valence-electron chi connectivity index (χ1n) is 15.8. The number of amides is 1. The van der Waals surface area contributed by atoms with Crippen LogP contribution in [-0.2, 0) is 25.1 Å². The Labute approximate surface area is 283 Å². The Morgan fingerprint density at radius 1 is 1.07 bits per heavy atom. The molecule has 0 radical (unpaired) electrons. The van der Waals surface area contributed by atoms with Gasteiger partial charge in [-0.15, -0.1) is 0 Å². The van der Waals surface area contributed by atoms with Gasteiger partial charge in [-0.2, -0.15) is 0 Å². The van der Waals surface area contributed by atoms with Gasteiger partial charge >= 0.3 is 5.97 Å². The highest BCUT2D eigenvalue weighted by molar-refractivity contribution is 6.74. The highest BCUT2D eigenvalue weighted by Crippen LogP contribution is 2.51. The van der Waals surface area contributed by atoms with E-state index in [4.69, 9.17) is 37.1 Å². The molecule has 2 fully saturated rings. The normalized spacial score (nSPS) is 22.9. The number of pyridine rings is 1. The highest BCUT2D eigenvalue weighted by atomic mass is 35.5. The van der Waals surface area contributed by atoms with Crippen LogP contribution in [0.4, 0.5) is 0 Å². The molecule has 0 spiro atoms. The molecule has 2 aromatic carbocycles. The van der Waals surface area contributed by atoms with Gasteiger partial charge in [0.25, 0.3) is 5.91 Å².